The van der Waals surface area contributed by atoms with Crippen LogP contribution in [0.25, 0.3) is 0 Å². The quantitative estimate of drug-likeness (QED) is 0.629. The highest BCUT2D eigenvalue weighted by atomic mass is 16.7. The normalized spacial score (nSPS) is 19.8. The van der Waals surface area contributed by atoms with Gasteiger partial charge in [-0.2, -0.15) is 0 Å². The molecular formula is C16H20N2O5. The van der Waals surface area contributed by atoms with Gasteiger partial charge < -0.3 is 14.3 Å². The van der Waals surface area contributed by atoms with Crippen LogP contribution in [0.3, 0.4) is 0 Å². The molecule has 0 amide bonds. The second-order valence-corrected chi connectivity index (χ2v) is 5.86. The third kappa shape index (κ3) is 3.51. The fourth-order valence-electron chi connectivity index (χ4n) is 3.01. The van der Waals surface area contributed by atoms with Crippen molar-refractivity contribution in [1.82, 2.24) is 0 Å². The minimum Gasteiger partial charge on any atom is -0.391 e. The summed E-state index contributed by atoms with van der Waals surface area (Å²) in [7, 11) is 0. The Balaban J connectivity index is 1.55. The van der Waals surface area contributed by atoms with Crippen LogP contribution in [0, 0.1) is 17.0 Å². The number of oxime groups is 1. The van der Waals surface area contributed by atoms with Gasteiger partial charge in [-0.25, -0.2) is 0 Å². The molecule has 0 radical (unpaired) electrons. The van der Waals surface area contributed by atoms with Gasteiger partial charge in [-0.1, -0.05) is 17.3 Å². The maximum atomic E-state index is 10.9. The third-order valence-electron chi connectivity index (χ3n) is 4.43. The van der Waals surface area contributed by atoms with Crippen molar-refractivity contribution in [1.29, 1.82) is 0 Å². The van der Waals surface area contributed by atoms with Gasteiger partial charge in [0, 0.05) is 30.0 Å². The Kier molecular flexibility index (Phi) is 4.58. The molecular weight excluding hydrogens is 300 g/mol. The maximum absolute atomic E-state index is 10.9. The number of nitro groups is 1. The summed E-state index contributed by atoms with van der Waals surface area (Å²) in [5, 5.41) is 15.1. The van der Waals surface area contributed by atoms with Crippen LogP contribution in [0.2, 0.25) is 0 Å². The molecule has 1 aliphatic heterocycles. The average molecular weight is 320 g/mol. The second-order valence-electron chi connectivity index (χ2n) is 5.86. The van der Waals surface area contributed by atoms with E-state index < -0.39 is 5.79 Å². The fourth-order valence-corrected chi connectivity index (χ4v) is 3.01. The summed E-state index contributed by atoms with van der Waals surface area (Å²) in [5.41, 5.74) is 2.48. The minimum atomic E-state index is -0.407. The molecule has 1 aliphatic carbocycles. The lowest BCUT2D eigenvalue weighted by molar-refractivity contribution is -0.385. The molecule has 1 spiro atoms. The highest BCUT2D eigenvalue weighted by molar-refractivity contribution is 5.84. The molecule has 1 aromatic carbocycles. The molecule has 0 N–H and O–H groups in total. The Morgan fingerprint density at radius 1 is 1.30 bits per heavy atom. The van der Waals surface area contributed by atoms with Crippen molar-refractivity contribution in [2.45, 2.75) is 45.0 Å². The molecule has 7 nitrogen and oxygen atoms in total. The first kappa shape index (κ1) is 15.9. The summed E-state index contributed by atoms with van der Waals surface area (Å²) in [6.45, 7) is 3.28. The Hall–Kier alpha value is -1.99. The number of ether oxygens (including phenoxy) is 2. The van der Waals surface area contributed by atoms with Crippen molar-refractivity contribution in [3.05, 3.63) is 39.4 Å². The molecule has 2 aliphatic rings. The molecule has 0 unspecified atom stereocenters. The Morgan fingerprint density at radius 2 is 2.00 bits per heavy atom. The third-order valence-corrected chi connectivity index (χ3v) is 4.43. The number of nitro benzene ring substituents is 1. The monoisotopic (exact) mass is 320 g/mol. The van der Waals surface area contributed by atoms with Gasteiger partial charge in [0.05, 0.1) is 23.8 Å². The Morgan fingerprint density at radius 3 is 2.65 bits per heavy atom. The molecule has 7 heteroatoms. The summed E-state index contributed by atoms with van der Waals surface area (Å²) in [6, 6.07) is 4.97. The van der Waals surface area contributed by atoms with Gasteiger partial charge in [0.15, 0.2) is 5.79 Å². The zero-order valence-corrected chi connectivity index (χ0v) is 13.1. The molecule has 1 saturated heterocycles. The first-order chi connectivity index (χ1) is 11.1. The topological polar surface area (TPSA) is 83.2 Å². The van der Waals surface area contributed by atoms with E-state index in [1.54, 1.807) is 13.0 Å². The standard InChI is InChI=1S/C16H20N2O5/c1-12-13(3-2-4-15(12)18(19)20)11-23-17-14-5-7-16(8-6-14)21-9-10-22-16/h2-4H,5-11H2,1H3. The van der Waals surface area contributed by atoms with E-state index in [9.17, 15) is 10.1 Å². The zero-order valence-electron chi connectivity index (χ0n) is 13.1. The van der Waals surface area contributed by atoms with E-state index in [0.717, 1.165) is 37.0 Å². The lowest BCUT2D eigenvalue weighted by Crippen LogP contribution is -2.35. The van der Waals surface area contributed by atoms with Crippen molar-refractivity contribution in [2.75, 3.05) is 13.2 Å². The van der Waals surface area contributed by atoms with Gasteiger partial charge in [0.25, 0.3) is 5.69 Å². The van der Waals surface area contributed by atoms with Crippen LogP contribution < -0.4 is 0 Å². The minimum absolute atomic E-state index is 0.105. The predicted octanol–water partition coefficient (Wildman–Crippen LogP) is 3.09. The number of rotatable bonds is 4. The van der Waals surface area contributed by atoms with Crippen molar-refractivity contribution >= 4 is 11.4 Å². The van der Waals surface area contributed by atoms with E-state index in [2.05, 4.69) is 5.16 Å². The molecule has 23 heavy (non-hydrogen) atoms. The highest BCUT2D eigenvalue weighted by Crippen LogP contribution is 2.34. The van der Waals surface area contributed by atoms with Gasteiger partial charge in [-0.15, -0.1) is 0 Å². The number of hydrogen-bond acceptors (Lipinski definition) is 6. The largest absolute Gasteiger partial charge is 0.391 e. The van der Waals surface area contributed by atoms with Gasteiger partial charge in [-0.3, -0.25) is 10.1 Å². The van der Waals surface area contributed by atoms with Crippen molar-refractivity contribution < 1.29 is 19.2 Å². The summed E-state index contributed by atoms with van der Waals surface area (Å²) in [6.07, 6.45) is 3.16. The number of nitrogens with zero attached hydrogens (tertiary/aromatic N) is 2. The molecule has 2 fully saturated rings. The number of benzene rings is 1. The van der Waals surface area contributed by atoms with Crippen LogP contribution in [-0.2, 0) is 20.9 Å². The molecule has 0 bridgehead atoms. The number of hydrogen-bond donors (Lipinski definition) is 0. The Labute approximate surface area is 134 Å². The fraction of sp³-hybridized carbons (Fsp3) is 0.562. The van der Waals surface area contributed by atoms with Gasteiger partial charge in [0.2, 0.25) is 0 Å². The van der Waals surface area contributed by atoms with Crippen molar-refractivity contribution in [3.8, 4) is 0 Å². The van der Waals surface area contributed by atoms with Crippen LogP contribution >= 0.6 is 0 Å². The van der Waals surface area contributed by atoms with E-state index in [1.165, 1.54) is 6.07 Å². The van der Waals surface area contributed by atoms with Gasteiger partial charge >= 0.3 is 0 Å². The van der Waals surface area contributed by atoms with E-state index in [4.69, 9.17) is 14.3 Å². The molecule has 0 aromatic heterocycles. The molecule has 1 heterocycles. The zero-order chi connectivity index (χ0) is 16.3. The van der Waals surface area contributed by atoms with Crippen molar-refractivity contribution in [3.63, 3.8) is 0 Å². The van der Waals surface area contributed by atoms with E-state index >= 15 is 0 Å². The lowest BCUT2D eigenvalue weighted by Gasteiger charge is -2.31. The van der Waals surface area contributed by atoms with Crippen molar-refractivity contribution in [2.24, 2.45) is 5.16 Å². The SMILES string of the molecule is Cc1c(CON=C2CCC3(CC2)OCCO3)cccc1[N+](=O)[O-]. The smallest absolute Gasteiger partial charge is 0.272 e. The molecule has 1 saturated carbocycles. The first-order valence-corrected chi connectivity index (χ1v) is 7.78. The molecule has 1 aromatic rings. The van der Waals surface area contributed by atoms with E-state index in [1.807, 2.05) is 6.07 Å². The van der Waals surface area contributed by atoms with Crippen LogP contribution in [-0.4, -0.2) is 29.6 Å². The summed E-state index contributed by atoms with van der Waals surface area (Å²) < 4.78 is 11.3. The first-order valence-electron chi connectivity index (χ1n) is 7.78. The molecule has 124 valence electrons. The lowest BCUT2D eigenvalue weighted by atomic mass is 9.92. The highest BCUT2D eigenvalue weighted by Gasteiger charge is 2.39. The summed E-state index contributed by atoms with van der Waals surface area (Å²) >= 11 is 0. The van der Waals surface area contributed by atoms with Gasteiger partial charge in [-0.05, 0) is 19.8 Å². The van der Waals surface area contributed by atoms with E-state index in [-0.39, 0.29) is 17.2 Å². The average Bonchev–Trinajstić information content (AvgIpc) is 2.99. The predicted molar refractivity (Wildman–Crippen MR) is 83.2 cm³/mol. The van der Waals surface area contributed by atoms with Gasteiger partial charge in [0.1, 0.15) is 6.61 Å². The second kappa shape index (κ2) is 6.64. The molecule has 3 rings (SSSR count). The summed E-state index contributed by atoms with van der Waals surface area (Å²) in [4.78, 5) is 16.0. The molecule has 0 atom stereocenters. The Bertz CT molecular complexity index is 611. The van der Waals surface area contributed by atoms with Crippen LogP contribution in [0.5, 0.6) is 0 Å². The van der Waals surface area contributed by atoms with E-state index in [0.29, 0.717) is 18.8 Å². The van der Waals surface area contributed by atoms with Crippen LogP contribution in [0.1, 0.15) is 36.8 Å². The summed E-state index contributed by atoms with van der Waals surface area (Å²) in [5.74, 6) is -0.407. The van der Waals surface area contributed by atoms with Crippen LogP contribution in [0.15, 0.2) is 23.4 Å². The maximum Gasteiger partial charge on any atom is 0.272 e. The van der Waals surface area contributed by atoms with Crippen LogP contribution in [0.4, 0.5) is 5.69 Å².